The Balaban J connectivity index is 1.45. The number of ether oxygens (including phenoxy) is 2. The zero-order valence-corrected chi connectivity index (χ0v) is 15.3. The molecule has 26 heavy (non-hydrogen) atoms. The second kappa shape index (κ2) is 6.85. The summed E-state index contributed by atoms with van der Waals surface area (Å²) in [6.45, 7) is 6.71. The number of aromatic amines is 1. The molecule has 4 rings (SSSR count). The first-order chi connectivity index (χ1) is 12.5. The largest absolute Gasteiger partial charge is 0.377 e. The SMILES string of the molecule is Cc1nc(C)n(CC2CCC3(COCCN(C(=O)c4ccc[nH]4)C3)O2)n1. The van der Waals surface area contributed by atoms with Crippen LogP contribution in [0.4, 0.5) is 0 Å². The number of rotatable bonds is 3. The van der Waals surface area contributed by atoms with Gasteiger partial charge in [0.25, 0.3) is 5.91 Å². The van der Waals surface area contributed by atoms with Gasteiger partial charge in [0.15, 0.2) is 0 Å². The van der Waals surface area contributed by atoms with Crippen molar-refractivity contribution in [3.63, 3.8) is 0 Å². The van der Waals surface area contributed by atoms with Crippen molar-refractivity contribution in [1.82, 2.24) is 24.6 Å². The van der Waals surface area contributed by atoms with Gasteiger partial charge in [-0.3, -0.25) is 4.79 Å². The van der Waals surface area contributed by atoms with Crippen molar-refractivity contribution >= 4 is 5.91 Å². The first-order valence-corrected chi connectivity index (χ1v) is 9.11. The Morgan fingerprint density at radius 2 is 2.35 bits per heavy atom. The van der Waals surface area contributed by atoms with Gasteiger partial charge in [0.05, 0.1) is 32.4 Å². The fraction of sp³-hybridized carbons (Fsp3) is 0.611. The Kier molecular flexibility index (Phi) is 4.54. The number of aromatic nitrogens is 4. The van der Waals surface area contributed by atoms with Gasteiger partial charge in [0.1, 0.15) is 22.9 Å². The predicted octanol–water partition coefficient (Wildman–Crippen LogP) is 1.31. The van der Waals surface area contributed by atoms with Crippen LogP contribution in [0.1, 0.15) is 35.0 Å². The highest BCUT2D eigenvalue weighted by Gasteiger charge is 2.44. The van der Waals surface area contributed by atoms with E-state index < -0.39 is 5.60 Å². The van der Waals surface area contributed by atoms with Gasteiger partial charge in [-0.15, -0.1) is 0 Å². The number of amides is 1. The summed E-state index contributed by atoms with van der Waals surface area (Å²) in [6, 6.07) is 3.64. The highest BCUT2D eigenvalue weighted by molar-refractivity contribution is 5.92. The van der Waals surface area contributed by atoms with Crippen LogP contribution in [0.2, 0.25) is 0 Å². The van der Waals surface area contributed by atoms with E-state index in [1.807, 2.05) is 29.5 Å². The summed E-state index contributed by atoms with van der Waals surface area (Å²) in [6.07, 6.45) is 3.62. The maximum Gasteiger partial charge on any atom is 0.270 e. The third-order valence-electron chi connectivity index (χ3n) is 5.14. The molecule has 1 spiro atoms. The molecule has 2 aliphatic heterocycles. The normalized spacial score (nSPS) is 26.4. The number of nitrogens with one attached hydrogen (secondary N) is 1. The maximum absolute atomic E-state index is 12.7. The zero-order valence-electron chi connectivity index (χ0n) is 15.3. The quantitative estimate of drug-likeness (QED) is 0.893. The highest BCUT2D eigenvalue weighted by Crippen LogP contribution is 2.34. The van der Waals surface area contributed by atoms with Gasteiger partial charge in [-0.25, -0.2) is 9.67 Å². The standard InChI is InChI=1S/C18H25N5O3/c1-13-20-14(2)23(21-13)10-15-5-6-18(26-15)11-22(8-9-25-12-18)17(24)16-4-3-7-19-16/h3-4,7,15,19H,5-6,8-12H2,1-2H3. The van der Waals surface area contributed by atoms with Crippen LogP contribution in [0.25, 0.3) is 0 Å². The van der Waals surface area contributed by atoms with Crippen LogP contribution < -0.4 is 0 Å². The molecule has 1 N–H and O–H groups in total. The molecule has 2 atom stereocenters. The van der Waals surface area contributed by atoms with E-state index in [4.69, 9.17) is 9.47 Å². The number of nitrogens with zero attached hydrogens (tertiary/aromatic N) is 4. The Morgan fingerprint density at radius 1 is 1.46 bits per heavy atom. The summed E-state index contributed by atoms with van der Waals surface area (Å²) >= 11 is 0. The molecule has 4 heterocycles. The summed E-state index contributed by atoms with van der Waals surface area (Å²) in [4.78, 5) is 21.9. The predicted molar refractivity (Wildman–Crippen MR) is 93.8 cm³/mol. The number of hydrogen-bond donors (Lipinski definition) is 1. The molecule has 0 aromatic carbocycles. The molecule has 2 aliphatic rings. The molecular weight excluding hydrogens is 334 g/mol. The summed E-state index contributed by atoms with van der Waals surface area (Å²) in [7, 11) is 0. The van der Waals surface area contributed by atoms with Crippen molar-refractivity contribution in [2.75, 3.05) is 26.3 Å². The second-order valence-corrected chi connectivity index (χ2v) is 7.21. The van der Waals surface area contributed by atoms with Crippen LogP contribution in [0.15, 0.2) is 18.3 Å². The van der Waals surface area contributed by atoms with E-state index in [-0.39, 0.29) is 12.0 Å². The number of aryl methyl sites for hydroxylation is 2. The van der Waals surface area contributed by atoms with Crippen molar-refractivity contribution < 1.29 is 14.3 Å². The molecule has 0 aliphatic carbocycles. The average molecular weight is 359 g/mol. The van der Waals surface area contributed by atoms with Gasteiger partial charge in [0.2, 0.25) is 0 Å². The monoisotopic (exact) mass is 359 g/mol. The first kappa shape index (κ1) is 17.2. The minimum Gasteiger partial charge on any atom is -0.377 e. The topological polar surface area (TPSA) is 85.3 Å². The Hall–Kier alpha value is -2.19. The lowest BCUT2D eigenvalue weighted by atomic mass is 10.00. The number of H-pyrrole nitrogens is 1. The van der Waals surface area contributed by atoms with E-state index in [1.54, 1.807) is 12.3 Å². The van der Waals surface area contributed by atoms with Crippen LogP contribution in [-0.2, 0) is 16.0 Å². The Labute approximate surface area is 152 Å². The molecule has 1 amide bonds. The van der Waals surface area contributed by atoms with Crippen molar-refractivity contribution in [3.8, 4) is 0 Å². The maximum atomic E-state index is 12.7. The molecule has 8 nitrogen and oxygen atoms in total. The molecule has 0 radical (unpaired) electrons. The summed E-state index contributed by atoms with van der Waals surface area (Å²) in [5.41, 5.74) is 0.165. The highest BCUT2D eigenvalue weighted by atomic mass is 16.6. The second-order valence-electron chi connectivity index (χ2n) is 7.21. The van der Waals surface area contributed by atoms with Gasteiger partial charge < -0.3 is 19.4 Å². The van der Waals surface area contributed by atoms with E-state index in [2.05, 4.69) is 15.1 Å². The number of carbonyl (C=O) groups excluding carboxylic acids is 1. The van der Waals surface area contributed by atoms with E-state index in [1.165, 1.54) is 0 Å². The number of carbonyl (C=O) groups is 1. The van der Waals surface area contributed by atoms with Crippen molar-refractivity contribution in [2.45, 2.75) is 44.9 Å². The third-order valence-corrected chi connectivity index (χ3v) is 5.14. The average Bonchev–Trinajstić information content (AvgIpc) is 3.29. The summed E-state index contributed by atoms with van der Waals surface area (Å²) in [5, 5.41) is 4.43. The number of hydrogen-bond acceptors (Lipinski definition) is 5. The molecule has 2 saturated heterocycles. The summed E-state index contributed by atoms with van der Waals surface area (Å²) < 4.78 is 14.1. The molecular formula is C18H25N5O3. The van der Waals surface area contributed by atoms with Gasteiger partial charge in [-0.1, -0.05) is 0 Å². The molecule has 0 saturated carbocycles. The molecule has 140 valence electrons. The van der Waals surface area contributed by atoms with E-state index in [0.29, 0.717) is 38.5 Å². The minimum absolute atomic E-state index is 0.00493. The lowest BCUT2D eigenvalue weighted by Crippen LogP contribution is -2.47. The van der Waals surface area contributed by atoms with E-state index >= 15 is 0 Å². The molecule has 8 heteroatoms. The van der Waals surface area contributed by atoms with Crippen molar-refractivity contribution in [1.29, 1.82) is 0 Å². The van der Waals surface area contributed by atoms with E-state index in [9.17, 15) is 4.79 Å². The first-order valence-electron chi connectivity index (χ1n) is 9.11. The summed E-state index contributed by atoms with van der Waals surface area (Å²) in [5.74, 6) is 1.66. The van der Waals surface area contributed by atoms with Gasteiger partial charge >= 0.3 is 0 Å². The zero-order chi connectivity index (χ0) is 18.1. The molecule has 2 fully saturated rings. The lowest BCUT2D eigenvalue weighted by Gasteiger charge is -2.31. The smallest absolute Gasteiger partial charge is 0.270 e. The molecule has 0 bridgehead atoms. The fourth-order valence-electron chi connectivity index (χ4n) is 3.89. The van der Waals surface area contributed by atoms with Crippen LogP contribution in [0.5, 0.6) is 0 Å². The molecule has 2 unspecified atom stereocenters. The van der Waals surface area contributed by atoms with Gasteiger partial charge in [-0.05, 0) is 38.8 Å². The fourth-order valence-corrected chi connectivity index (χ4v) is 3.89. The van der Waals surface area contributed by atoms with Gasteiger partial charge in [0, 0.05) is 12.7 Å². The van der Waals surface area contributed by atoms with Crippen LogP contribution in [0, 0.1) is 13.8 Å². The van der Waals surface area contributed by atoms with Crippen LogP contribution >= 0.6 is 0 Å². The third kappa shape index (κ3) is 3.39. The van der Waals surface area contributed by atoms with Crippen LogP contribution in [-0.4, -0.2) is 68.6 Å². The molecule has 2 aromatic heterocycles. The van der Waals surface area contributed by atoms with E-state index in [0.717, 1.165) is 24.5 Å². The minimum atomic E-state index is -0.438. The van der Waals surface area contributed by atoms with Crippen molar-refractivity contribution in [3.05, 3.63) is 35.7 Å². The Morgan fingerprint density at radius 3 is 3.08 bits per heavy atom. The molecule has 2 aromatic rings. The van der Waals surface area contributed by atoms with Gasteiger partial charge in [-0.2, -0.15) is 5.10 Å². The lowest BCUT2D eigenvalue weighted by molar-refractivity contribution is -0.0882. The van der Waals surface area contributed by atoms with Crippen LogP contribution in [0.3, 0.4) is 0 Å². The van der Waals surface area contributed by atoms with Crippen molar-refractivity contribution in [2.24, 2.45) is 0 Å². The Bertz CT molecular complexity index is 772.